The van der Waals surface area contributed by atoms with Crippen LogP contribution in [0.2, 0.25) is 0 Å². The number of ether oxygens (including phenoxy) is 1. The van der Waals surface area contributed by atoms with E-state index in [1.54, 1.807) is 12.4 Å². The van der Waals surface area contributed by atoms with Crippen LogP contribution in [-0.2, 0) is 4.79 Å². The smallest absolute Gasteiger partial charge is 0.316 e. The number of methoxy groups -OCH3 is 1. The Morgan fingerprint density at radius 1 is 1.63 bits per heavy atom. The summed E-state index contributed by atoms with van der Waals surface area (Å²) in [6, 6.07) is 0.280. The van der Waals surface area contributed by atoms with E-state index in [2.05, 4.69) is 15.0 Å². The number of carbonyl (C=O) groups is 1. The van der Waals surface area contributed by atoms with E-state index in [-0.39, 0.29) is 18.3 Å². The van der Waals surface area contributed by atoms with Gasteiger partial charge in [0.1, 0.15) is 0 Å². The molecule has 1 atom stereocenters. The zero-order chi connectivity index (χ0) is 13.8. The van der Waals surface area contributed by atoms with Gasteiger partial charge in [-0.05, 0) is 13.0 Å². The quantitative estimate of drug-likeness (QED) is 0.713. The third kappa shape index (κ3) is 2.82. The van der Waals surface area contributed by atoms with E-state index in [1.165, 1.54) is 7.11 Å². The molecule has 0 aliphatic heterocycles. The number of rotatable bonds is 6. The van der Waals surface area contributed by atoms with Gasteiger partial charge in [-0.2, -0.15) is 4.98 Å². The van der Waals surface area contributed by atoms with E-state index in [0.717, 1.165) is 16.6 Å². The van der Waals surface area contributed by atoms with Crippen LogP contribution < -0.4 is 10.5 Å². The van der Waals surface area contributed by atoms with E-state index in [4.69, 9.17) is 15.6 Å². The Morgan fingerprint density at radius 2 is 2.42 bits per heavy atom. The van der Waals surface area contributed by atoms with Gasteiger partial charge in [-0.15, -0.1) is 0 Å². The molecule has 102 valence electrons. The Morgan fingerprint density at radius 3 is 3.05 bits per heavy atom. The number of hydrogen-bond acceptors (Lipinski definition) is 5. The van der Waals surface area contributed by atoms with Crippen LogP contribution in [0.15, 0.2) is 12.4 Å². The maximum Gasteiger partial charge on any atom is 0.316 e. The van der Waals surface area contributed by atoms with Crippen LogP contribution in [0.4, 0.5) is 0 Å². The lowest BCUT2D eigenvalue weighted by molar-refractivity contribution is -0.137. The summed E-state index contributed by atoms with van der Waals surface area (Å²) in [5, 5.41) is 8.76. The maximum absolute atomic E-state index is 10.7. The van der Waals surface area contributed by atoms with Crippen LogP contribution in [-0.4, -0.2) is 39.7 Å². The number of carboxylic acid groups (broad SMARTS) is 1. The molecule has 0 amide bonds. The summed E-state index contributed by atoms with van der Waals surface area (Å²) in [5.41, 5.74) is 8.14. The van der Waals surface area contributed by atoms with Crippen molar-refractivity contribution in [3.05, 3.63) is 18.0 Å². The highest BCUT2D eigenvalue weighted by atomic mass is 16.5. The number of nitrogens with two attached hydrogens (primary N) is 1. The van der Waals surface area contributed by atoms with Crippen LogP contribution in [0, 0.1) is 0 Å². The Labute approximate surface area is 109 Å². The number of hydrogen-bond donors (Lipinski definition) is 3. The number of nitrogens with one attached hydrogen (secondary N) is 1. The fourth-order valence-corrected chi connectivity index (χ4v) is 2.02. The van der Waals surface area contributed by atoms with Crippen molar-refractivity contribution in [1.29, 1.82) is 0 Å². The van der Waals surface area contributed by atoms with Gasteiger partial charge in [-0.1, -0.05) is 0 Å². The summed E-state index contributed by atoms with van der Waals surface area (Å²) in [6.07, 6.45) is 4.00. The molecule has 2 aromatic heterocycles. The number of nitrogens with zero attached hydrogens (tertiary/aromatic N) is 2. The molecule has 0 spiro atoms. The molecule has 0 fully saturated rings. The highest BCUT2D eigenvalue weighted by molar-refractivity contribution is 5.79. The summed E-state index contributed by atoms with van der Waals surface area (Å²) in [6.45, 7) is 0.368. The van der Waals surface area contributed by atoms with Gasteiger partial charge in [0.05, 0.1) is 24.3 Å². The molecule has 0 saturated carbocycles. The molecule has 7 heteroatoms. The normalized spacial score (nSPS) is 12.5. The van der Waals surface area contributed by atoms with Crippen LogP contribution in [0.3, 0.4) is 0 Å². The SMILES string of the molecule is COc1ncc2[nH]cc(C(CN)CCC(=O)O)c2n1. The maximum atomic E-state index is 10.7. The topological polar surface area (TPSA) is 114 Å². The van der Waals surface area contributed by atoms with Gasteiger partial charge in [-0.3, -0.25) is 4.79 Å². The van der Waals surface area contributed by atoms with Gasteiger partial charge in [-0.25, -0.2) is 4.98 Å². The second-order valence-corrected chi connectivity index (χ2v) is 4.23. The zero-order valence-electron chi connectivity index (χ0n) is 10.6. The molecule has 0 bridgehead atoms. The predicted molar refractivity (Wildman–Crippen MR) is 69.1 cm³/mol. The average molecular weight is 264 g/mol. The Hall–Kier alpha value is -2.15. The van der Waals surface area contributed by atoms with Crippen molar-refractivity contribution in [3.63, 3.8) is 0 Å². The minimum Gasteiger partial charge on any atom is -0.481 e. The Bertz CT molecular complexity index is 581. The molecule has 7 nitrogen and oxygen atoms in total. The molecular formula is C12H16N4O3. The number of fused-ring (bicyclic) bond motifs is 1. The van der Waals surface area contributed by atoms with Crippen molar-refractivity contribution in [2.45, 2.75) is 18.8 Å². The van der Waals surface area contributed by atoms with Crippen molar-refractivity contribution < 1.29 is 14.6 Å². The first-order valence-corrected chi connectivity index (χ1v) is 5.95. The number of H-pyrrole nitrogens is 1. The molecular weight excluding hydrogens is 248 g/mol. The second kappa shape index (κ2) is 5.66. The lowest BCUT2D eigenvalue weighted by atomic mass is 9.96. The summed E-state index contributed by atoms with van der Waals surface area (Å²) in [7, 11) is 1.50. The summed E-state index contributed by atoms with van der Waals surface area (Å²) >= 11 is 0. The molecule has 0 aliphatic carbocycles. The van der Waals surface area contributed by atoms with E-state index in [0.29, 0.717) is 13.0 Å². The van der Waals surface area contributed by atoms with E-state index in [1.807, 2.05) is 0 Å². The third-order valence-corrected chi connectivity index (χ3v) is 3.04. The van der Waals surface area contributed by atoms with Gasteiger partial charge >= 0.3 is 12.0 Å². The summed E-state index contributed by atoms with van der Waals surface area (Å²) in [4.78, 5) is 22.0. The highest BCUT2D eigenvalue weighted by Crippen LogP contribution is 2.27. The molecule has 19 heavy (non-hydrogen) atoms. The minimum absolute atomic E-state index is 0.0514. The standard InChI is InChI=1S/C12H16N4O3/c1-19-12-15-6-9-11(16-12)8(5-14-9)7(4-13)2-3-10(17)18/h5-7,14H,2-4,13H2,1H3,(H,17,18). The fourth-order valence-electron chi connectivity index (χ4n) is 2.02. The van der Waals surface area contributed by atoms with Crippen molar-refractivity contribution in [3.8, 4) is 6.01 Å². The van der Waals surface area contributed by atoms with Gasteiger partial charge in [0.15, 0.2) is 0 Å². The van der Waals surface area contributed by atoms with Gasteiger partial charge in [0, 0.05) is 24.1 Å². The minimum atomic E-state index is -0.828. The largest absolute Gasteiger partial charge is 0.481 e. The van der Waals surface area contributed by atoms with Crippen LogP contribution in [0.25, 0.3) is 11.0 Å². The second-order valence-electron chi connectivity index (χ2n) is 4.23. The lowest BCUT2D eigenvalue weighted by Crippen LogP contribution is -2.14. The first-order valence-electron chi connectivity index (χ1n) is 5.95. The monoisotopic (exact) mass is 264 g/mol. The fraction of sp³-hybridized carbons (Fsp3) is 0.417. The van der Waals surface area contributed by atoms with Crippen molar-refractivity contribution in [2.24, 2.45) is 5.73 Å². The first-order chi connectivity index (χ1) is 9.15. The summed E-state index contributed by atoms with van der Waals surface area (Å²) in [5.74, 6) is -0.880. The Kier molecular flexibility index (Phi) is 3.96. The molecule has 2 rings (SSSR count). The number of aromatic nitrogens is 3. The number of carboxylic acids is 1. The Balaban J connectivity index is 2.33. The predicted octanol–water partition coefficient (Wildman–Crippen LogP) is 0.874. The van der Waals surface area contributed by atoms with Crippen LogP contribution in [0.1, 0.15) is 24.3 Å². The van der Waals surface area contributed by atoms with Gasteiger partial charge < -0.3 is 20.6 Å². The van der Waals surface area contributed by atoms with Crippen molar-refractivity contribution in [1.82, 2.24) is 15.0 Å². The highest BCUT2D eigenvalue weighted by Gasteiger charge is 2.17. The summed E-state index contributed by atoms with van der Waals surface area (Å²) < 4.78 is 5.00. The average Bonchev–Trinajstić information content (AvgIpc) is 2.82. The molecule has 1 unspecified atom stereocenters. The molecule has 0 aliphatic rings. The van der Waals surface area contributed by atoms with Gasteiger partial charge in [0.25, 0.3) is 0 Å². The van der Waals surface area contributed by atoms with E-state index in [9.17, 15) is 4.79 Å². The van der Waals surface area contributed by atoms with Crippen molar-refractivity contribution >= 4 is 17.0 Å². The van der Waals surface area contributed by atoms with E-state index >= 15 is 0 Å². The van der Waals surface area contributed by atoms with E-state index < -0.39 is 5.97 Å². The molecule has 4 N–H and O–H groups in total. The molecule has 0 radical (unpaired) electrons. The molecule has 2 heterocycles. The zero-order valence-corrected chi connectivity index (χ0v) is 10.6. The molecule has 0 aromatic carbocycles. The number of aromatic amines is 1. The van der Waals surface area contributed by atoms with Crippen molar-refractivity contribution in [2.75, 3.05) is 13.7 Å². The lowest BCUT2D eigenvalue weighted by Gasteiger charge is -2.12. The first kappa shape index (κ1) is 13.3. The molecule has 0 saturated heterocycles. The van der Waals surface area contributed by atoms with Gasteiger partial charge in [0.2, 0.25) is 0 Å². The number of aliphatic carboxylic acids is 1. The van der Waals surface area contributed by atoms with Crippen LogP contribution in [0.5, 0.6) is 6.01 Å². The third-order valence-electron chi connectivity index (χ3n) is 3.04. The van der Waals surface area contributed by atoms with Crippen LogP contribution >= 0.6 is 0 Å². The molecule has 2 aromatic rings.